The fraction of sp³-hybridized carbons (Fsp3) is 0.261. The van der Waals surface area contributed by atoms with Gasteiger partial charge in [0.05, 0.1) is 11.5 Å². The van der Waals surface area contributed by atoms with E-state index in [1.54, 1.807) is 43.4 Å². The Bertz CT molecular complexity index is 1280. The van der Waals surface area contributed by atoms with Crippen LogP contribution >= 0.6 is 11.6 Å². The van der Waals surface area contributed by atoms with E-state index in [1.165, 1.54) is 16.7 Å². The molecule has 32 heavy (non-hydrogen) atoms. The molecule has 1 aromatic heterocycles. The predicted molar refractivity (Wildman–Crippen MR) is 120 cm³/mol. The minimum Gasteiger partial charge on any atom is -0.442 e. The summed E-state index contributed by atoms with van der Waals surface area (Å²) < 4.78 is 21.8. The lowest BCUT2D eigenvalue weighted by Gasteiger charge is -2.16. The Balaban J connectivity index is 1.81. The number of hydrogen-bond donors (Lipinski definition) is 1. The lowest BCUT2D eigenvalue weighted by atomic mass is 9.94. The Hall–Kier alpha value is -3.23. The van der Waals surface area contributed by atoms with Gasteiger partial charge in [-0.05, 0) is 54.8 Å². The van der Waals surface area contributed by atoms with E-state index < -0.39 is 17.2 Å². The van der Waals surface area contributed by atoms with Crippen LogP contribution in [0, 0.1) is 5.82 Å². The highest BCUT2D eigenvalue weighted by Crippen LogP contribution is 2.35. The summed E-state index contributed by atoms with van der Waals surface area (Å²) in [5.41, 5.74) is 0.131. The summed E-state index contributed by atoms with van der Waals surface area (Å²) in [6.45, 7) is -0.0565. The van der Waals surface area contributed by atoms with E-state index in [1.807, 2.05) is 0 Å². The Morgan fingerprint density at radius 3 is 2.47 bits per heavy atom. The molecule has 1 N–H and O–H groups in total. The number of aromatic nitrogens is 2. The molecule has 1 unspecified atom stereocenters. The van der Waals surface area contributed by atoms with Gasteiger partial charge in [-0.2, -0.15) is 4.99 Å². The van der Waals surface area contributed by atoms with Gasteiger partial charge in [-0.15, -0.1) is 0 Å². The van der Waals surface area contributed by atoms with Crippen molar-refractivity contribution >= 4 is 23.3 Å². The summed E-state index contributed by atoms with van der Waals surface area (Å²) in [4.78, 5) is 30.5. The first kappa shape index (κ1) is 22.0. The van der Waals surface area contributed by atoms with E-state index in [9.17, 15) is 14.0 Å². The van der Waals surface area contributed by atoms with E-state index in [0.717, 1.165) is 10.1 Å². The van der Waals surface area contributed by atoms with Gasteiger partial charge in [-0.1, -0.05) is 23.7 Å². The number of rotatable bonds is 6. The lowest BCUT2D eigenvalue weighted by Crippen LogP contribution is -2.41. The zero-order chi connectivity index (χ0) is 22.8. The van der Waals surface area contributed by atoms with Crippen molar-refractivity contribution < 1.29 is 14.2 Å². The smallest absolute Gasteiger partial charge is 0.332 e. The molecule has 0 spiro atoms. The Kier molecular flexibility index (Phi) is 6.25. The number of halogens is 2. The Morgan fingerprint density at radius 2 is 1.81 bits per heavy atom. The number of hydrogen-bond acceptors (Lipinski definition) is 5. The third kappa shape index (κ3) is 4.24. The molecule has 0 saturated heterocycles. The molecule has 0 bridgehead atoms. The van der Waals surface area contributed by atoms with Crippen LogP contribution < -0.4 is 16.0 Å². The van der Waals surface area contributed by atoms with Crippen LogP contribution in [0.25, 0.3) is 0 Å². The van der Waals surface area contributed by atoms with E-state index in [0.29, 0.717) is 22.8 Å². The molecule has 3 aromatic rings. The zero-order valence-electron chi connectivity index (χ0n) is 17.3. The van der Waals surface area contributed by atoms with E-state index in [2.05, 4.69) is 4.99 Å². The fourth-order valence-electron chi connectivity index (χ4n) is 3.72. The average molecular weight is 458 g/mol. The van der Waals surface area contributed by atoms with Gasteiger partial charge in [0.15, 0.2) is 0 Å². The molecule has 1 aliphatic rings. The van der Waals surface area contributed by atoms with Crippen LogP contribution in [-0.4, -0.2) is 26.7 Å². The van der Waals surface area contributed by atoms with Crippen molar-refractivity contribution in [1.29, 1.82) is 0 Å². The maximum atomic E-state index is 13.4. The van der Waals surface area contributed by atoms with Gasteiger partial charge in [-0.25, -0.2) is 9.18 Å². The standard InChI is InChI=1S/C23H21ClFN3O4/c1-27-20-19(22(30)28(23(27)31)11-2-12-29)18(13-14-3-7-16(25)8-4-14)21(26-20)32-17-9-5-15(24)6-10-17/h3-10,18,29H,2,11-13H2,1H3. The highest BCUT2D eigenvalue weighted by Gasteiger charge is 2.35. The van der Waals surface area contributed by atoms with Gasteiger partial charge in [0.2, 0.25) is 5.90 Å². The number of nitrogens with zero attached hydrogens (tertiary/aromatic N) is 3. The van der Waals surface area contributed by atoms with Crippen molar-refractivity contribution in [2.75, 3.05) is 6.61 Å². The number of ether oxygens (including phenoxy) is 1. The number of fused-ring (bicyclic) bond motifs is 1. The van der Waals surface area contributed by atoms with E-state index in [4.69, 9.17) is 21.4 Å². The topological polar surface area (TPSA) is 85.8 Å². The molecule has 0 amide bonds. The highest BCUT2D eigenvalue weighted by atomic mass is 35.5. The van der Waals surface area contributed by atoms with Crippen LogP contribution in [-0.2, 0) is 20.0 Å². The fourth-order valence-corrected chi connectivity index (χ4v) is 3.84. The summed E-state index contributed by atoms with van der Waals surface area (Å²) >= 11 is 5.95. The molecule has 0 fully saturated rings. The monoisotopic (exact) mass is 457 g/mol. The van der Waals surface area contributed by atoms with Crippen molar-refractivity contribution in [2.24, 2.45) is 12.0 Å². The Labute approximate surface area is 188 Å². The second-order valence-corrected chi connectivity index (χ2v) is 7.94. The van der Waals surface area contributed by atoms with Gasteiger partial charge < -0.3 is 9.84 Å². The van der Waals surface area contributed by atoms with Crippen molar-refractivity contribution in [1.82, 2.24) is 9.13 Å². The van der Waals surface area contributed by atoms with Crippen LogP contribution in [0.2, 0.25) is 5.02 Å². The second-order valence-electron chi connectivity index (χ2n) is 7.50. The molecular weight excluding hydrogens is 437 g/mol. The molecule has 2 heterocycles. The summed E-state index contributed by atoms with van der Waals surface area (Å²) in [7, 11) is 1.54. The summed E-state index contributed by atoms with van der Waals surface area (Å²) in [6.07, 6.45) is 0.596. The van der Waals surface area contributed by atoms with E-state index >= 15 is 0 Å². The van der Waals surface area contributed by atoms with Gasteiger partial charge in [-0.3, -0.25) is 13.9 Å². The van der Waals surface area contributed by atoms with Gasteiger partial charge in [0.25, 0.3) is 5.56 Å². The number of benzene rings is 2. The van der Waals surface area contributed by atoms with Crippen LogP contribution in [0.4, 0.5) is 10.2 Å². The third-order valence-corrected chi connectivity index (χ3v) is 5.60. The van der Waals surface area contributed by atoms with Crippen LogP contribution in [0.3, 0.4) is 0 Å². The summed E-state index contributed by atoms with van der Waals surface area (Å²) in [5.74, 6) is 0.0390. The summed E-state index contributed by atoms with van der Waals surface area (Å²) in [6, 6.07) is 12.7. The third-order valence-electron chi connectivity index (χ3n) is 5.34. The molecule has 0 aliphatic carbocycles. The summed E-state index contributed by atoms with van der Waals surface area (Å²) in [5, 5.41) is 9.71. The minimum atomic E-state index is -0.578. The number of aliphatic imine (C=N–C) groups is 1. The molecule has 4 rings (SSSR count). The molecule has 2 aromatic carbocycles. The maximum absolute atomic E-state index is 13.4. The molecular formula is C23H21ClFN3O4. The molecule has 166 valence electrons. The predicted octanol–water partition coefficient (Wildman–Crippen LogP) is 3.17. The van der Waals surface area contributed by atoms with Gasteiger partial charge >= 0.3 is 5.69 Å². The highest BCUT2D eigenvalue weighted by molar-refractivity contribution is 6.30. The normalized spacial score (nSPS) is 14.9. The van der Waals surface area contributed by atoms with E-state index in [-0.39, 0.29) is 37.1 Å². The largest absolute Gasteiger partial charge is 0.442 e. The number of aliphatic hydroxyl groups is 1. The first-order valence-corrected chi connectivity index (χ1v) is 10.5. The van der Waals surface area contributed by atoms with Crippen LogP contribution in [0.5, 0.6) is 5.75 Å². The van der Waals surface area contributed by atoms with Crippen LogP contribution in [0.15, 0.2) is 63.1 Å². The SMILES string of the molecule is Cn1c2c(c(=O)n(CCCO)c1=O)C(Cc1ccc(F)cc1)C(Oc1ccc(Cl)cc1)=N2. The average Bonchev–Trinajstić information content (AvgIpc) is 3.13. The molecule has 7 nitrogen and oxygen atoms in total. The van der Waals surface area contributed by atoms with Gasteiger partial charge in [0.1, 0.15) is 17.4 Å². The molecule has 1 aliphatic heterocycles. The first-order chi connectivity index (χ1) is 15.4. The van der Waals surface area contributed by atoms with Crippen LogP contribution in [0.1, 0.15) is 23.5 Å². The lowest BCUT2D eigenvalue weighted by molar-refractivity contribution is 0.277. The molecule has 0 saturated carbocycles. The zero-order valence-corrected chi connectivity index (χ0v) is 18.1. The van der Waals surface area contributed by atoms with Crippen molar-refractivity contribution in [3.05, 3.63) is 91.3 Å². The number of aliphatic hydroxyl groups excluding tert-OH is 1. The maximum Gasteiger partial charge on any atom is 0.332 e. The first-order valence-electron chi connectivity index (χ1n) is 10.1. The second kappa shape index (κ2) is 9.10. The van der Waals surface area contributed by atoms with Crippen molar-refractivity contribution in [3.63, 3.8) is 0 Å². The Morgan fingerprint density at radius 1 is 1.12 bits per heavy atom. The van der Waals surface area contributed by atoms with Crippen molar-refractivity contribution in [3.8, 4) is 5.75 Å². The molecule has 1 atom stereocenters. The quantitative estimate of drug-likeness (QED) is 0.616. The van der Waals surface area contributed by atoms with Crippen molar-refractivity contribution in [2.45, 2.75) is 25.3 Å². The molecule has 0 radical (unpaired) electrons. The minimum absolute atomic E-state index is 0.0892. The molecule has 9 heteroatoms. The van der Waals surface area contributed by atoms with Gasteiger partial charge in [0, 0.05) is 25.2 Å².